The number of hydrogen-bond acceptors (Lipinski definition) is 2. The molecule has 0 fully saturated rings. The third kappa shape index (κ3) is 7.69. The first-order valence-corrected chi connectivity index (χ1v) is 8.20. The number of allylic oxidation sites excluding steroid dienone is 1. The standard InChI is InChI=1S/C19H28O2/c1-3-5-6-7-8-10-15-18(16-19(20)21-4-2)17-13-11-9-12-14-17/h9,11-14,16H,3-8,10,15H2,1-2H3/b18-16+. The van der Waals surface area contributed by atoms with Crippen molar-refractivity contribution in [3.63, 3.8) is 0 Å². The molecule has 0 heterocycles. The Morgan fingerprint density at radius 3 is 2.33 bits per heavy atom. The third-order valence-corrected chi connectivity index (χ3v) is 3.52. The average Bonchev–Trinajstić information content (AvgIpc) is 2.50. The highest BCUT2D eigenvalue weighted by molar-refractivity contribution is 5.91. The summed E-state index contributed by atoms with van der Waals surface area (Å²) >= 11 is 0. The molecule has 0 aliphatic carbocycles. The fourth-order valence-electron chi connectivity index (χ4n) is 2.37. The van der Waals surface area contributed by atoms with E-state index in [1.165, 1.54) is 32.1 Å². The van der Waals surface area contributed by atoms with E-state index < -0.39 is 0 Å². The van der Waals surface area contributed by atoms with E-state index in [-0.39, 0.29) is 5.97 Å². The van der Waals surface area contributed by atoms with Crippen molar-refractivity contribution < 1.29 is 9.53 Å². The van der Waals surface area contributed by atoms with Crippen LogP contribution in [-0.4, -0.2) is 12.6 Å². The summed E-state index contributed by atoms with van der Waals surface area (Å²) in [5.74, 6) is -0.234. The summed E-state index contributed by atoms with van der Waals surface area (Å²) in [5.41, 5.74) is 2.21. The van der Waals surface area contributed by atoms with E-state index in [1.807, 2.05) is 25.1 Å². The van der Waals surface area contributed by atoms with E-state index in [0.717, 1.165) is 24.0 Å². The van der Waals surface area contributed by atoms with Gasteiger partial charge >= 0.3 is 5.97 Å². The van der Waals surface area contributed by atoms with E-state index in [9.17, 15) is 4.79 Å². The van der Waals surface area contributed by atoms with Crippen molar-refractivity contribution in [1.82, 2.24) is 0 Å². The van der Waals surface area contributed by atoms with Crippen LogP contribution < -0.4 is 0 Å². The van der Waals surface area contributed by atoms with Crippen molar-refractivity contribution in [2.45, 2.75) is 58.8 Å². The van der Waals surface area contributed by atoms with Gasteiger partial charge in [0.15, 0.2) is 0 Å². The van der Waals surface area contributed by atoms with Gasteiger partial charge in [-0.05, 0) is 30.9 Å². The van der Waals surface area contributed by atoms with Crippen LogP contribution in [0.3, 0.4) is 0 Å². The quantitative estimate of drug-likeness (QED) is 0.328. The number of carbonyl (C=O) groups is 1. The number of hydrogen-bond donors (Lipinski definition) is 0. The summed E-state index contributed by atoms with van der Waals surface area (Å²) in [5, 5.41) is 0. The van der Waals surface area contributed by atoms with Crippen LogP contribution in [0.5, 0.6) is 0 Å². The molecule has 0 aromatic heterocycles. The molecular weight excluding hydrogens is 260 g/mol. The molecule has 0 atom stereocenters. The minimum atomic E-state index is -0.234. The predicted molar refractivity (Wildman–Crippen MR) is 89.0 cm³/mol. The Balaban J connectivity index is 2.55. The largest absolute Gasteiger partial charge is 0.463 e. The first-order valence-electron chi connectivity index (χ1n) is 8.20. The van der Waals surface area contributed by atoms with Crippen LogP contribution in [0.2, 0.25) is 0 Å². The molecule has 0 saturated heterocycles. The Morgan fingerprint density at radius 2 is 1.67 bits per heavy atom. The zero-order valence-corrected chi connectivity index (χ0v) is 13.4. The fourth-order valence-corrected chi connectivity index (χ4v) is 2.37. The van der Waals surface area contributed by atoms with Crippen LogP contribution in [0.25, 0.3) is 5.57 Å². The molecule has 1 aromatic carbocycles. The molecule has 0 aliphatic heterocycles. The molecule has 116 valence electrons. The van der Waals surface area contributed by atoms with Crippen molar-refractivity contribution in [3.05, 3.63) is 42.0 Å². The maximum Gasteiger partial charge on any atom is 0.331 e. The lowest BCUT2D eigenvalue weighted by molar-refractivity contribution is -0.137. The molecule has 21 heavy (non-hydrogen) atoms. The Morgan fingerprint density at radius 1 is 1.00 bits per heavy atom. The van der Waals surface area contributed by atoms with Crippen molar-refractivity contribution in [3.8, 4) is 0 Å². The summed E-state index contributed by atoms with van der Waals surface area (Å²) in [6, 6.07) is 10.1. The molecule has 2 nitrogen and oxygen atoms in total. The predicted octanol–water partition coefficient (Wildman–Crippen LogP) is 5.38. The smallest absolute Gasteiger partial charge is 0.331 e. The molecule has 0 spiro atoms. The monoisotopic (exact) mass is 288 g/mol. The lowest BCUT2D eigenvalue weighted by atomic mass is 9.98. The maximum atomic E-state index is 11.7. The van der Waals surface area contributed by atoms with Gasteiger partial charge in [0.05, 0.1) is 6.61 Å². The average molecular weight is 288 g/mol. The Hall–Kier alpha value is -1.57. The van der Waals surface area contributed by atoms with E-state index in [1.54, 1.807) is 6.08 Å². The number of esters is 1. The molecule has 1 rings (SSSR count). The van der Waals surface area contributed by atoms with Crippen LogP contribution in [0.1, 0.15) is 64.4 Å². The van der Waals surface area contributed by atoms with Gasteiger partial charge in [-0.3, -0.25) is 0 Å². The second-order valence-electron chi connectivity index (χ2n) is 5.31. The number of unbranched alkanes of at least 4 members (excludes halogenated alkanes) is 5. The summed E-state index contributed by atoms with van der Waals surface area (Å²) in [4.78, 5) is 11.7. The van der Waals surface area contributed by atoms with Crippen molar-refractivity contribution in [2.75, 3.05) is 6.61 Å². The fraction of sp³-hybridized carbons (Fsp3) is 0.526. The third-order valence-electron chi connectivity index (χ3n) is 3.52. The molecule has 0 amide bonds. The van der Waals surface area contributed by atoms with Crippen molar-refractivity contribution in [2.24, 2.45) is 0 Å². The topological polar surface area (TPSA) is 26.3 Å². The number of benzene rings is 1. The molecule has 0 N–H and O–H groups in total. The van der Waals surface area contributed by atoms with Gasteiger partial charge in [-0.25, -0.2) is 4.79 Å². The zero-order valence-electron chi connectivity index (χ0n) is 13.4. The molecule has 2 heteroatoms. The number of ether oxygens (including phenoxy) is 1. The highest BCUT2D eigenvalue weighted by Crippen LogP contribution is 2.21. The first kappa shape index (κ1) is 17.5. The molecular formula is C19H28O2. The van der Waals surface area contributed by atoms with Crippen LogP contribution in [-0.2, 0) is 9.53 Å². The van der Waals surface area contributed by atoms with E-state index >= 15 is 0 Å². The highest BCUT2D eigenvalue weighted by Gasteiger charge is 2.05. The molecule has 0 unspecified atom stereocenters. The van der Waals surface area contributed by atoms with Gasteiger partial charge in [0.25, 0.3) is 0 Å². The molecule has 0 bridgehead atoms. The zero-order chi connectivity index (χ0) is 15.3. The second-order valence-corrected chi connectivity index (χ2v) is 5.31. The lowest BCUT2D eigenvalue weighted by Gasteiger charge is -2.08. The second kappa shape index (κ2) is 11.1. The number of carbonyl (C=O) groups excluding carboxylic acids is 1. The Bertz CT molecular complexity index is 420. The summed E-state index contributed by atoms with van der Waals surface area (Å²) in [7, 11) is 0. The Labute approximate surface area is 129 Å². The van der Waals surface area contributed by atoms with E-state index in [4.69, 9.17) is 4.74 Å². The van der Waals surface area contributed by atoms with Gasteiger partial charge < -0.3 is 4.74 Å². The van der Waals surface area contributed by atoms with Crippen LogP contribution in [0, 0.1) is 0 Å². The van der Waals surface area contributed by atoms with Crippen LogP contribution in [0.15, 0.2) is 36.4 Å². The molecule has 0 saturated carbocycles. The van der Waals surface area contributed by atoms with E-state index in [0.29, 0.717) is 6.61 Å². The molecule has 0 aliphatic rings. The molecule has 1 aromatic rings. The minimum Gasteiger partial charge on any atom is -0.463 e. The first-order chi connectivity index (χ1) is 10.3. The van der Waals surface area contributed by atoms with Crippen LogP contribution >= 0.6 is 0 Å². The van der Waals surface area contributed by atoms with Gasteiger partial charge in [-0.1, -0.05) is 69.4 Å². The molecule has 0 radical (unpaired) electrons. The van der Waals surface area contributed by atoms with Gasteiger partial charge in [-0.15, -0.1) is 0 Å². The summed E-state index contributed by atoms with van der Waals surface area (Å²) in [6.45, 7) is 4.49. The van der Waals surface area contributed by atoms with Gasteiger partial charge in [0.1, 0.15) is 0 Å². The summed E-state index contributed by atoms with van der Waals surface area (Å²) in [6.07, 6.45) is 10.2. The number of rotatable bonds is 10. The summed E-state index contributed by atoms with van der Waals surface area (Å²) < 4.78 is 5.04. The van der Waals surface area contributed by atoms with Crippen LogP contribution in [0.4, 0.5) is 0 Å². The maximum absolute atomic E-state index is 11.7. The van der Waals surface area contributed by atoms with E-state index in [2.05, 4.69) is 19.1 Å². The minimum absolute atomic E-state index is 0.234. The highest BCUT2D eigenvalue weighted by atomic mass is 16.5. The van der Waals surface area contributed by atoms with Crippen molar-refractivity contribution >= 4 is 11.5 Å². The van der Waals surface area contributed by atoms with Gasteiger partial charge in [-0.2, -0.15) is 0 Å². The van der Waals surface area contributed by atoms with Crippen molar-refractivity contribution in [1.29, 1.82) is 0 Å². The SMILES string of the molecule is CCCCCCCC/C(=C\C(=O)OCC)c1ccccc1. The van der Waals surface area contributed by atoms with Gasteiger partial charge in [0, 0.05) is 6.08 Å². The normalized spacial score (nSPS) is 11.4. The lowest BCUT2D eigenvalue weighted by Crippen LogP contribution is -2.01. The van der Waals surface area contributed by atoms with Gasteiger partial charge in [0.2, 0.25) is 0 Å². The Kier molecular flexibility index (Phi) is 9.26.